The zero-order valence-corrected chi connectivity index (χ0v) is 15.1. The lowest BCUT2D eigenvalue weighted by Crippen LogP contribution is -2.11. The first-order chi connectivity index (χ1) is 10.7. The molecule has 0 fully saturated rings. The van der Waals surface area contributed by atoms with Crippen LogP contribution in [0.25, 0.3) is 5.57 Å². The maximum absolute atomic E-state index is 13.4. The van der Waals surface area contributed by atoms with Crippen LogP contribution in [-0.2, 0) is 6.42 Å². The largest absolute Gasteiger partial charge is 0.416 e. The Morgan fingerprint density at radius 2 is 1.70 bits per heavy atom. The molecule has 0 aromatic heterocycles. The van der Waals surface area contributed by atoms with Crippen molar-refractivity contribution >= 4 is 44.7 Å². The number of benzene rings is 2. The van der Waals surface area contributed by atoms with Crippen LogP contribution in [0.4, 0.5) is 13.2 Å². The maximum Gasteiger partial charge on any atom is 0.416 e. The lowest BCUT2D eigenvalue weighted by Gasteiger charge is -2.13. The number of aryl methyl sites for hydroxylation is 1. The lowest BCUT2D eigenvalue weighted by atomic mass is 10.0. The Kier molecular flexibility index (Phi) is 5.82. The highest BCUT2D eigenvalue weighted by Crippen LogP contribution is 2.36. The molecule has 0 bridgehead atoms. The van der Waals surface area contributed by atoms with Gasteiger partial charge in [0.15, 0.2) is 0 Å². The predicted molar refractivity (Wildman–Crippen MR) is 93.1 cm³/mol. The van der Waals surface area contributed by atoms with Gasteiger partial charge in [0.2, 0.25) is 0 Å². The van der Waals surface area contributed by atoms with E-state index < -0.39 is 11.7 Å². The smallest absolute Gasteiger partial charge is 0.166 e. The van der Waals surface area contributed by atoms with Crippen molar-refractivity contribution in [2.75, 3.05) is 0 Å². The van der Waals surface area contributed by atoms with Crippen molar-refractivity contribution in [1.29, 1.82) is 0 Å². The molecule has 0 atom stereocenters. The SMILES string of the molecule is Cc1cc(CC=C(c2cc(Cl)cc(Cl)c2)C(F)(F)F)ccc1Br. The second kappa shape index (κ2) is 7.29. The monoisotopic (exact) mass is 422 g/mol. The van der Waals surface area contributed by atoms with Gasteiger partial charge >= 0.3 is 6.18 Å². The summed E-state index contributed by atoms with van der Waals surface area (Å²) < 4.78 is 41.0. The summed E-state index contributed by atoms with van der Waals surface area (Å²) in [5.74, 6) is 0. The van der Waals surface area contributed by atoms with Gasteiger partial charge < -0.3 is 0 Å². The van der Waals surface area contributed by atoms with Gasteiger partial charge in [-0.2, -0.15) is 13.2 Å². The van der Waals surface area contributed by atoms with E-state index in [-0.39, 0.29) is 22.0 Å². The molecule has 6 heteroatoms. The summed E-state index contributed by atoms with van der Waals surface area (Å²) in [5, 5.41) is 0.337. The summed E-state index contributed by atoms with van der Waals surface area (Å²) in [4.78, 5) is 0. The minimum Gasteiger partial charge on any atom is -0.166 e. The predicted octanol–water partition coefficient (Wildman–Crippen LogP) is 7.25. The minimum atomic E-state index is -4.49. The third-order valence-corrected chi connectivity index (χ3v) is 4.57. The van der Waals surface area contributed by atoms with E-state index in [0.717, 1.165) is 21.7 Å². The molecule has 0 aliphatic rings. The molecular weight excluding hydrogens is 412 g/mol. The molecule has 2 rings (SSSR count). The van der Waals surface area contributed by atoms with Crippen LogP contribution in [0.1, 0.15) is 16.7 Å². The van der Waals surface area contributed by atoms with Crippen molar-refractivity contribution in [3.63, 3.8) is 0 Å². The molecule has 0 aliphatic carbocycles. The average molecular weight is 424 g/mol. The quantitative estimate of drug-likeness (QED) is 0.487. The van der Waals surface area contributed by atoms with Crippen molar-refractivity contribution < 1.29 is 13.2 Å². The van der Waals surface area contributed by atoms with Gasteiger partial charge in [-0.1, -0.05) is 57.3 Å². The van der Waals surface area contributed by atoms with Crippen LogP contribution in [0.2, 0.25) is 10.0 Å². The van der Waals surface area contributed by atoms with Gasteiger partial charge in [0, 0.05) is 14.5 Å². The first-order valence-corrected chi connectivity index (χ1v) is 8.20. The van der Waals surface area contributed by atoms with Crippen molar-refractivity contribution in [2.45, 2.75) is 19.5 Å². The molecule has 122 valence electrons. The third-order valence-electron chi connectivity index (χ3n) is 3.24. The second-order valence-electron chi connectivity index (χ2n) is 5.06. The van der Waals surface area contributed by atoms with Gasteiger partial charge in [0.25, 0.3) is 0 Å². The molecule has 0 N–H and O–H groups in total. The van der Waals surface area contributed by atoms with E-state index in [2.05, 4.69) is 15.9 Å². The van der Waals surface area contributed by atoms with Crippen LogP contribution in [-0.4, -0.2) is 6.18 Å². The van der Waals surface area contributed by atoms with E-state index in [1.807, 2.05) is 19.1 Å². The Bertz CT molecular complexity index is 732. The summed E-state index contributed by atoms with van der Waals surface area (Å²) in [5.41, 5.74) is 0.974. The zero-order valence-electron chi connectivity index (χ0n) is 12.0. The van der Waals surface area contributed by atoms with E-state index >= 15 is 0 Å². The van der Waals surface area contributed by atoms with E-state index in [4.69, 9.17) is 23.2 Å². The van der Waals surface area contributed by atoms with E-state index in [1.165, 1.54) is 18.2 Å². The van der Waals surface area contributed by atoms with E-state index in [1.54, 1.807) is 6.07 Å². The number of hydrogen-bond donors (Lipinski definition) is 0. The molecule has 0 unspecified atom stereocenters. The van der Waals surface area contributed by atoms with Crippen molar-refractivity contribution in [1.82, 2.24) is 0 Å². The van der Waals surface area contributed by atoms with Crippen LogP contribution in [0.3, 0.4) is 0 Å². The van der Waals surface area contributed by atoms with Crippen molar-refractivity contribution in [3.05, 3.63) is 73.7 Å². The fourth-order valence-electron chi connectivity index (χ4n) is 2.16. The highest BCUT2D eigenvalue weighted by Gasteiger charge is 2.34. The van der Waals surface area contributed by atoms with Crippen LogP contribution in [0.5, 0.6) is 0 Å². The Hall–Kier alpha value is -0.970. The molecule has 0 aliphatic heterocycles. The van der Waals surface area contributed by atoms with Crippen LogP contribution in [0, 0.1) is 6.92 Å². The first-order valence-electron chi connectivity index (χ1n) is 6.65. The van der Waals surface area contributed by atoms with Crippen LogP contribution < -0.4 is 0 Å². The number of halogens is 6. The average Bonchev–Trinajstić information content (AvgIpc) is 2.40. The maximum atomic E-state index is 13.4. The van der Waals surface area contributed by atoms with Gasteiger partial charge in [-0.25, -0.2) is 0 Å². The fourth-order valence-corrected chi connectivity index (χ4v) is 2.93. The molecule has 0 amide bonds. The van der Waals surface area contributed by atoms with Crippen molar-refractivity contribution in [3.8, 4) is 0 Å². The summed E-state index contributed by atoms with van der Waals surface area (Å²) in [6.07, 6.45) is -3.17. The van der Waals surface area contributed by atoms with Crippen molar-refractivity contribution in [2.24, 2.45) is 0 Å². The molecule has 2 aromatic carbocycles. The molecule has 0 saturated carbocycles. The van der Waals surface area contributed by atoms with Gasteiger partial charge in [0.1, 0.15) is 0 Å². The summed E-state index contributed by atoms with van der Waals surface area (Å²) in [7, 11) is 0. The fraction of sp³-hybridized carbons (Fsp3) is 0.176. The molecule has 0 saturated heterocycles. The summed E-state index contributed by atoms with van der Waals surface area (Å²) in [6, 6.07) is 9.38. The molecule has 23 heavy (non-hydrogen) atoms. The highest BCUT2D eigenvalue weighted by atomic mass is 79.9. The zero-order chi connectivity index (χ0) is 17.2. The number of hydrogen-bond acceptors (Lipinski definition) is 0. The van der Waals surface area contributed by atoms with Gasteiger partial charge in [-0.3, -0.25) is 0 Å². The van der Waals surface area contributed by atoms with E-state index in [0.29, 0.717) is 0 Å². The molecule has 0 spiro atoms. The molecule has 0 heterocycles. The van der Waals surface area contributed by atoms with Gasteiger partial charge in [0.05, 0.1) is 5.57 Å². The second-order valence-corrected chi connectivity index (χ2v) is 6.79. The Balaban J connectivity index is 2.40. The standard InChI is InChI=1S/C17H12BrCl2F3/c1-10-6-11(3-5-16(10)18)2-4-15(17(21,22)23)12-7-13(19)9-14(20)8-12/h3-9H,2H2,1H3. The Labute approximate surface area is 151 Å². The molecule has 2 aromatic rings. The number of alkyl halides is 3. The summed E-state index contributed by atoms with van der Waals surface area (Å²) >= 11 is 15.0. The topological polar surface area (TPSA) is 0 Å². The van der Waals surface area contributed by atoms with Crippen LogP contribution in [0.15, 0.2) is 46.9 Å². The lowest BCUT2D eigenvalue weighted by molar-refractivity contribution is -0.0690. The van der Waals surface area contributed by atoms with Crippen LogP contribution >= 0.6 is 39.1 Å². The van der Waals surface area contributed by atoms with Gasteiger partial charge in [-0.15, -0.1) is 0 Å². The Morgan fingerprint density at radius 3 is 2.22 bits per heavy atom. The van der Waals surface area contributed by atoms with E-state index in [9.17, 15) is 13.2 Å². The highest BCUT2D eigenvalue weighted by molar-refractivity contribution is 9.10. The van der Waals surface area contributed by atoms with Gasteiger partial charge in [-0.05, 0) is 54.3 Å². The minimum absolute atomic E-state index is 0.0381. The molecule has 0 nitrogen and oxygen atoms in total. The first kappa shape index (κ1) is 18.4. The molecular formula is C17H12BrCl2F3. The number of allylic oxidation sites excluding steroid dienone is 2. The molecule has 0 radical (unpaired) electrons. The Morgan fingerprint density at radius 1 is 1.09 bits per heavy atom. The summed E-state index contributed by atoms with van der Waals surface area (Å²) in [6.45, 7) is 1.89. The third kappa shape index (κ3) is 5.00. The normalized spacial score (nSPS) is 12.6. The number of rotatable bonds is 3.